The highest BCUT2D eigenvalue weighted by Gasteiger charge is 2.17. The fourth-order valence-electron chi connectivity index (χ4n) is 1.32. The van der Waals surface area contributed by atoms with Crippen molar-refractivity contribution in [2.24, 2.45) is 0 Å². The molecule has 0 fully saturated rings. The van der Waals surface area contributed by atoms with E-state index in [1.54, 1.807) is 0 Å². The van der Waals surface area contributed by atoms with Gasteiger partial charge in [0.15, 0.2) is 0 Å². The molecule has 2 rings (SSSR count). The van der Waals surface area contributed by atoms with Crippen LogP contribution in [0.2, 0.25) is 5.02 Å². The van der Waals surface area contributed by atoms with Gasteiger partial charge >= 0.3 is 0 Å². The summed E-state index contributed by atoms with van der Waals surface area (Å²) in [4.78, 5) is 14.0. The molecule has 1 aromatic carbocycles. The zero-order valence-electron chi connectivity index (χ0n) is 8.85. The molecule has 0 atom stereocenters. The Hall–Kier alpha value is -2.22. The predicted octanol–water partition coefficient (Wildman–Crippen LogP) is 2.12. The topological polar surface area (TPSA) is 96.7 Å². The van der Waals surface area contributed by atoms with E-state index in [0.29, 0.717) is 5.82 Å². The number of anilines is 1. The van der Waals surface area contributed by atoms with Crippen LogP contribution >= 0.6 is 11.6 Å². The second-order valence-corrected chi connectivity index (χ2v) is 3.73. The Labute approximate surface area is 105 Å². The average molecular weight is 272 g/mol. The molecule has 9 heteroatoms. The summed E-state index contributed by atoms with van der Waals surface area (Å²) >= 11 is 5.49. The van der Waals surface area contributed by atoms with Gasteiger partial charge in [0.1, 0.15) is 23.7 Å². The fourth-order valence-corrected chi connectivity index (χ4v) is 1.48. The van der Waals surface area contributed by atoms with Gasteiger partial charge in [0, 0.05) is 12.1 Å². The number of benzene rings is 1. The first-order valence-electron chi connectivity index (χ1n) is 4.79. The summed E-state index contributed by atoms with van der Waals surface area (Å²) in [5, 5.41) is 19.4. The van der Waals surface area contributed by atoms with Gasteiger partial charge in [-0.25, -0.2) is 9.37 Å². The van der Waals surface area contributed by atoms with Crippen LogP contribution in [0.4, 0.5) is 15.8 Å². The Kier molecular flexibility index (Phi) is 3.38. The Morgan fingerprint density at radius 2 is 2.33 bits per heavy atom. The van der Waals surface area contributed by atoms with Crippen LogP contribution in [0.15, 0.2) is 18.5 Å². The summed E-state index contributed by atoms with van der Waals surface area (Å²) < 4.78 is 13.3. The van der Waals surface area contributed by atoms with E-state index in [9.17, 15) is 14.5 Å². The van der Waals surface area contributed by atoms with Crippen LogP contribution in [0.5, 0.6) is 0 Å². The number of hydrogen-bond acceptors (Lipinski definition) is 5. The lowest BCUT2D eigenvalue weighted by Crippen LogP contribution is -2.04. The highest BCUT2D eigenvalue weighted by molar-refractivity contribution is 6.31. The molecule has 0 aliphatic heterocycles. The van der Waals surface area contributed by atoms with Crippen molar-refractivity contribution >= 4 is 23.0 Å². The summed E-state index contributed by atoms with van der Waals surface area (Å²) in [7, 11) is 0. The quantitative estimate of drug-likeness (QED) is 0.656. The minimum atomic E-state index is -0.734. The van der Waals surface area contributed by atoms with Crippen molar-refractivity contribution in [2.75, 3.05) is 5.32 Å². The molecule has 0 radical (unpaired) electrons. The third-order valence-corrected chi connectivity index (χ3v) is 2.44. The maximum atomic E-state index is 13.3. The molecule has 0 amide bonds. The summed E-state index contributed by atoms with van der Waals surface area (Å²) in [6, 6.07) is 1.93. The number of hydrogen-bond donors (Lipinski definition) is 2. The molecule has 2 aromatic rings. The maximum absolute atomic E-state index is 13.3. The molecule has 1 aromatic heterocycles. The van der Waals surface area contributed by atoms with Crippen molar-refractivity contribution < 1.29 is 9.31 Å². The minimum absolute atomic E-state index is 0.0262. The van der Waals surface area contributed by atoms with Gasteiger partial charge in [-0.2, -0.15) is 5.10 Å². The molecule has 0 bridgehead atoms. The fraction of sp³-hybridized carbons (Fsp3) is 0.111. The molecule has 0 unspecified atom stereocenters. The van der Waals surface area contributed by atoms with Crippen LogP contribution in [-0.4, -0.2) is 20.1 Å². The van der Waals surface area contributed by atoms with Gasteiger partial charge in [0.25, 0.3) is 5.69 Å². The van der Waals surface area contributed by atoms with Crippen molar-refractivity contribution in [2.45, 2.75) is 6.54 Å². The summed E-state index contributed by atoms with van der Waals surface area (Å²) in [5.41, 5.74) is -0.279. The first-order chi connectivity index (χ1) is 8.58. The third kappa shape index (κ3) is 2.54. The number of aromatic nitrogens is 3. The number of rotatable bonds is 4. The first-order valence-corrected chi connectivity index (χ1v) is 5.17. The standard InChI is InChI=1S/C9H7ClFN5O2/c10-5-1-8(16(17)18)7(2-6(5)11)12-3-9-13-4-14-15-9/h1-2,4,12H,3H2,(H,13,14,15). The van der Waals surface area contributed by atoms with Gasteiger partial charge in [-0.15, -0.1) is 0 Å². The molecule has 2 N–H and O–H groups in total. The van der Waals surface area contributed by atoms with Crippen LogP contribution in [0, 0.1) is 15.9 Å². The van der Waals surface area contributed by atoms with E-state index in [2.05, 4.69) is 20.5 Å². The monoisotopic (exact) mass is 271 g/mol. The van der Waals surface area contributed by atoms with E-state index in [4.69, 9.17) is 11.6 Å². The van der Waals surface area contributed by atoms with E-state index >= 15 is 0 Å². The molecule has 18 heavy (non-hydrogen) atoms. The van der Waals surface area contributed by atoms with E-state index in [1.165, 1.54) is 6.33 Å². The third-order valence-electron chi connectivity index (χ3n) is 2.15. The molecule has 0 spiro atoms. The number of nitrogens with zero attached hydrogens (tertiary/aromatic N) is 3. The van der Waals surface area contributed by atoms with Crippen molar-refractivity contribution in [3.05, 3.63) is 45.2 Å². The van der Waals surface area contributed by atoms with Gasteiger partial charge in [0.2, 0.25) is 0 Å². The molecule has 7 nitrogen and oxygen atoms in total. The molecule has 0 saturated heterocycles. The first kappa shape index (κ1) is 12.2. The van der Waals surface area contributed by atoms with Crippen molar-refractivity contribution in [1.82, 2.24) is 15.2 Å². The van der Waals surface area contributed by atoms with Crippen LogP contribution in [0.1, 0.15) is 5.82 Å². The van der Waals surface area contributed by atoms with Crippen LogP contribution in [-0.2, 0) is 6.54 Å². The van der Waals surface area contributed by atoms with E-state index in [-0.39, 0.29) is 22.9 Å². The second kappa shape index (κ2) is 4.96. The van der Waals surface area contributed by atoms with Crippen molar-refractivity contribution in [3.63, 3.8) is 0 Å². The van der Waals surface area contributed by atoms with E-state index < -0.39 is 10.7 Å². The SMILES string of the molecule is O=[N+]([O-])c1cc(Cl)c(F)cc1NCc1ncn[nH]1. The van der Waals surface area contributed by atoms with Crippen LogP contribution in [0.3, 0.4) is 0 Å². The lowest BCUT2D eigenvalue weighted by molar-refractivity contribution is -0.384. The number of aromatic amines is 1. The number of nitro groups is 1. The van der Waals surface area contributed by atoms with Crippen molar-refractivity contribution in [3.8, 4) is 0 Å². The zero-order valence-corrected chi connectivity index (χ0v) is 9.61. The van der Waals surface area contributed by atoms with Gasteiger partial charge in [-0.1, -0.05) is 11.6 Å². The lowest BCUT2D eigenvalue weighted by atomic mass is 10.2. The Balaban J connectivity index is 2.25. The Morgan fingerprint density at radius 3 is 2.94 bits per heavy atom. The normalized spacial score (nSPS) is 10.3. The number of H-pyrrole nitrogens is 1. The highest BCUT2D eigenvalue weighted by atomic mass is 35.5. The number of nitrogens with one attached hydrogen (secondary N) is 2. The molecule has 1 heterocycles. The van der Waals surface area contributed by atoms with E-state index in [1.807, 2.05) is 0 Å². The van der Waals surface area contributed by atoms with Crippen molar-refractivity contribution in [1.29, 1.82) is 0 Å². The number of nitro benzene ring substituents is 1. The molecule has 0 saturated carbocycles. The minimum Gasteiger partial charge on any atom is -0.372 e. The van der Waals surface area contributed by atoms with Gasteiger partial charge in [-0.3, -0.25) is 15.2 Å². The lowest BCUT2D eigenvalue weighted by Gasteiger charge is -2.06. The second-order valence-electron chi connectivity index (χ2n) is 3.33. The van der Waals surface area contributed by atoms with E-state index in [0.717, 1.165) is 12.1 Å². The van der Waals surface area contributed by atoms with Gasteiger partial charge in [-0.05, 0) is 0 Å². The number of halogens is 2. The molecular formula is C9H7ClFN5O2. The smallest absolute Gasteiger partial charge is 0.294 e. The molecule has 0 aliphatic carbocycles. The van der Waals surface area contributed by atoms with Crippen LogP contribution in [0.25, 0.3) is 0 Å². The average Bonchev–Trinajstić information content (AvgIpc) is 2.83. The van der Waals surface area contributed by atoms with Gasteiger partial charge in [0.05, 0.1) is 16.5 Å². The molecule has 94 valence electrons. The largest absolute Gasteiger partial charge is 0.372 e. The van der Waals surface area contributed by atoms with Gasteiger partial charge < -0.3 is 5.32 Å². The Bertz CT molecular complexity index is 575. The van der Waals surface area contributed by atoms with Crippen LogP contribution < -0.4 is 5.32 Å². The summed E-state index contributed by atoms with van der Waals surface area (Å²) in [6.07, 6.45) is 1.30. The molecule has 0 aliphatic rings. The predicted molar refractivity (Wildman–Crippen MR) is 61.8 cm³/mol. The summed E-state index contributed by atoms with van der Waals surface area (Å²) in [6.45, 7) is 0.155. The zero-order chi connectivity index (χ0) is 13.1. The Morgan fingerprint density at radius 1 is 1.56 bits per heavy atom. The maximum Gasteiger partial charge on any atom is 0.294 e. The summed E-state index contributed by atoms with van der Waals surface area (Å²) in [5.74, 6) is -0.262. The molecular weight excluding hydrogens is 265 g/mol. The highest BCUT2D eigenvalue weighted by Crippen LogP contribution is 2.30.